The van der Waals surface area contributed by atoms with E-state index >= 15 is 0 Å². The monoisotopic (exact) mass is 317 g/mol. The Morgan fingerprint density at radius 2 is 2.40 bits per heavy atom. The fourth-order valence-electron chi connectivity index (χ4n) is 1.16. The van der Waals surface area contributed by atoms with Crippen molar-refractivity contribution in [1.82, 2.24) is 14.6 Å². The third kappa shape index (κ3) is 2.09. The van der Waals surface area contributed by atoms with Gasteiger partial charge in [-0.2, -0.15) is 5.10 Å². The maximum atomic E-state index is 11.4. The topological polar surface area (TPSA) is 56.5 Å². The molecule has 0 saturated heterocycles. The molecule has 15 heavy (non-hydrogen) atoms. The first-order chi connectivity index (χ1) is 7.20. The minimum Gasteiger partial charge on any atom is -0.461 e. The summed E-state index contributed by atoms with van der Waals surface area (Å²) in [5, 5.41) is 4.17. The molecule has 0 atom stereocenters. The number of halogens is 1. The lowest BCUT2D eigenvalue weighted by molar-refractivity contribution is 0.0520. The number of imidazole rings is 1. The molecule has 0 spiro atoms. The number of fused-ring (bicyclic) bond motifs is 1. The van der Waals surface area contributed by atoms with Crippen LogP contribution in [0.4, 0.5) is 0 Å². The van der Waals surface area contributed by atoms with Crippen molar-refractivity contribution in [2.24, 2.45) is 0 Å². The molecule has 0 aliphatic carbocycles. The smallest absolute Gasteiger partial charge is 0.358 e. The Balaban J connectivity index is 2.42. The van der Waals surface area contributed by atoms with Crippen LogP contribution in [0.3, 0.4) is 0 Å². The van der Waals surface area contributed by atoms with Crippen molar-refractivity contribution in [1.29, 1.82) is 0 Å². The largest absolute Gasteiger partial charge is 0.461 e. The van der Waals surface area contributed by atoms with E-state index in [0.717, 1.165) is 3.70 Å². The molecule has 0 saturated carbocycles. The van der Waals surface area contributed by atoms with Gasteiger partial charge in [0.15, 0.2) is 11.3 Å². The van der Waals surface area contributed by atoms with Gasteiger partial charge in [0.25, 0.3) is 0 Å². The highest BCUT2D eigenvalue weighted by Gasteiger charge is 2.11. The van der Waals surface area contributed by atoms with E-state index < -0.39 is 5.97 Å². The van der Waals surface area contributed by atoms with Crippen LogP contribution in [-0.2, 0) is 4.74 Å². The summed E-state index contributed by atoms with van der Waals surface area (Å²) >= 11 is 2.10. The summed E-state index contributed by atoms with van der Waals surface area (Å²) in [4.78, 5) is 15.5. The molecule has 2 heterocycles. The number of aromatic nitrogens is 3. The second kappa shape index (κ2) is 4.13. The van der Waals surface area contributed by atoms with E-state index in [0.29, 0.717) is 12.3 Å². The first-order valence-electron chi connectivity index (χ1n) is 4.39. The van der Waals surface area contributed by atoms with Gasteiger partial charge in [0.05, 0.1) is 12.8 Å². The molecule has 0 fully saturated rings. The molecule has 0 aromatic carbocycles. The summed E-state index contributed by atoms with van der Waals surface area (Å²) < 4.78 is 7.25. The second-order valence-corrected chi connectivity index (χ2v) is 3.91. The lowest BCUT2D eigenvalue weighted by Gasteiger charge is -1.94. The Morgan fingerprint density at radius 3 is 3.13 bits per heavy atom. The molecule has 0 unspecified atom stereocenters. The number of nitrogens with zero attached hydrogens (tertiary/aromatic N) is 3. The third-order valence-electron chi connectivity index (χ3n) is 1.77. The number of hydrogen-bond donors (Lipinski definition) is 0. The standard InChI is InChI=1S/C9H8IN3O2/c1-2-15-9(14)6-5-13-8(11-6)4-3-7(10)12-13/h3-5H,2H2,1H3. The minimum absolute atomic E-state index is 0.284. The molecule has 78 valence electrons. The van der Waals surface area contributed by atoms with Gasteiger partial charge in [-0.05, 0) is 41.6 Å². The van der Waals surface area contributed by atoms with Gasteiger partial charge in [-0.1, -0.05) is 0 Å². The van der Waals surface area contributed by atoms with Crippen LogP contribution >= 0.6 is 22.6 Å². The Morgan fingerprint density at radius 1 is 1.60 bits per heavy atom. The molecule has 0 bridgehead atoms. The molecule has 2 rings (SSSR count). The summed E-state index contributed by atoms with van der Waals surface area (Å²) in [6.07, 6.45) is 1.56. The zero-order valence-corrected chi connectivity index (χ0v) is 10.1. The number of carbonyl (C=O) groups is 1. The van der Waals surface area contributed by atoms with Crippen LogP contribution in [0.2, 0.25) is 0 Å². The van der Waals surface area contributed by atoms with Gasteiger partial charge in [0.2, 0.25) is 0 Å². The highest BCUT2D eigenvalue weighted by atomic mass is 127. The summed E-state index contributed by atoms with van der Waals surface area (Å²) in [6, 6.07) is 3.63. The molecule has 5 nitrogen and oxygen atoms in total. The highest BCUT2D eigenvalue weighted by molar-refractivity contribution is 14.1. The fraction of sp³-hybridized carbons (Fsp3) is 0.222. The quantitative estimate of drug-likeness (QED) is 0.622. The Hall–Kier alpha value is -1.18. The Bertz CT molecular complexity index is 509. The number of ether oxygens (including phenoxy) is 1. The highest BCUT2D eigenvalue weighted by Crippen LogP contribution is 2.07. The number of carbonyl (C=O) groups excluding carboxylic acids is 1. The van der Waals surface area contributed by atoms with E-state index in [1.807, 2.05) is 6.07 Å². The Labute approximate surface area is 99.6 Å². The molecular formula is C9H8IN3O2. The average Bonchev–Trinajstić information content (AvgIpc) is 2.60. The van der Waals surface area contributed by atoms with Crippen LogP contribution in [0.1, 0.15) is 17.4 Å². The predicted octanol–water partition coefficient (Wildman–Crippen LogP) is 1.51. The van der Waals surface area contributed by atoms with Crippen molar-refractivity contribution in [3.05, 3.63) is 27.7 Å². The third-order valence-corrected chi connectivity index (χ3v) is 2.35. The van der Waals surface area contributed by atoms with E-state index in [4.69, 9.17) is 4.74 Å². The lowest BCUT2D eigenvalue weighted by atomic mass is 10.5. The molecule has 0 N–H and O–H groups in total. The molecule has 0 radical (unpaired) electrons. The van der Waals surface area contributed by atoms with Crippen molar-refractivity contribution in [3.63, 3.8) is 0 Å². The van der Waals surface area contributed by atoms with Gasteiger partial charge in [0, 0.05) is 0 Å². The SMILES string of the molecule is CCOC(=O)c1cn2nc(I)ccc2n1. The molecule has 0 amide bonds. The second-order valence-electron chi connectivity index (χ2n) is 2.81. The van der Waals surface area contributed by atoms with E-state index in [9.17, 15) is 4.79 Å². The molecule has 6 heteroatoms. The van der Waals surface area contributed by atoms with Gasteiger partial charge in [0.1, 0.15) is 3.70 Å². The van der Waals surface area contributed by atoms with Crippen molar-refractivity contribution in [2.45, 2.75) is 6.92 Å². The molecular weight excluding hydrogens is 309 g/mol. The van der Waals surface area contributed by atoms with Crippen molar-refractivity contribution >= 4 is 34.2 Å². The zero-order chi connectivity index (χ0) is 10.8. The normalized spacial score (nSPS) is 10.5. The zero-order valence-electron chi connectivity index (χ0n) is 7.98. The number of rotatable bonds is 2. The summed E-state index contributed by atoms with van der Waals surface area (Å²) in [6.45, 7) is 2.10. The van der Waals surface area contributed by atoms with Crippen LogP contribution in [-0.4, -0.2) is 27.2 Å². The van der Waals surface area contributed by atoms with Crippen LogP contribution in [0.15, 0.2) is 18.3 Å². The first kappa shape index (κ1) is 10.3. The number of hydrogen-bond acceptors (Lipinski definition) is 4. The van der Waals surface area contributed by atoms with Crippen molar-refractivity contribution in [3.8, 4) is 0 Å². The van der Waals surface area contributed by atoms with Crippen molar-refractivity contribution < 1.29 is 9.53 Å². The van der Waals surface area contributed by atoms with Gasteiger partial charge in [-0.25, -0.2) is 14.3 Å². The lowest BCUT2D eigenvalue weighted by Crippen LogP contribution is -2.04. The average molecular weight is 317 g/mol. The van der Waals surface area contributed by atoms with E-state index in [2.05, 4.69) is 32.7 Å². The maximum Gasteiger partial charge on any atom is 0.358 e. The van der Waals surface area contributed by atoms with Gasteiger partial charge in [-0.3, -0.25) is 0 Å². The van der Waals surface area contributed by atoms with E-state index in [-0.39, 0.29) is 5.69 Å². The summed E-state index contributed by atoms with van der Waals surface area (Å²) in [5.41, 5.74) is 0.921. The molecule has 0 aliphatic rings. The van der Waals surface area contributed by atoms with Gasteiger partial charge >= 0.3 is 5.97 Å². The van der Waals surface area contributed by atoms with Gasteiger partial charge < -0.3 is 4.74 Å². The summed E-state index contributed by atoms with van der Waals surface area (Å²) in [5.74, 6) is -0.419. The molecule has 0 aliphatic heterocycles. The van der Waals surface area contributed by atoms with Crippen LogP contribution < -0.4 is 0 Å². The maximum absolute atomic E-state index is 11.4. The molecule has 2 aromatic heterocycles. The van der Waals surface area contributed by atoms with Crippen molar-refractivity contribution in [2.75, 3.05) is 6.61 Å². The predicted molar refractivity (Wildman–Crippen MR) is 61.7 cm³/mol. The summed E-state index contributed by atoms with van der Waals surface area (Å²) in [7, 11) is 0. The van der Waals surface area contributed by atoms with E-state index in [1.54, 1.807) is 23.7 Å². The van der Waals surface area contributed by atoms with E-state index in [1.165, 1.54) is 0 Å². The van der Waals surface area contributed by atoms with Crippen LogP contribution in [0, 0.1) is 3.70 Å². The Kier molecular flexibility index (Phi) is 2.85. The first-order valence-corrected chi connectivity index (χ1v) is 5.47. The van der Waals surface area contributed by atoms with Gasteiger partial charge in [-0.15, -0.1) is 0 Å². The minimum atomic E-state index is -0.419. The number of esters is 1. The van der Waals surface area contributed by atoms with Crippen LogP contribution in [0.25, 0.3) is 5.65 Å². The fourth-order valence-corrected chi connectivity index (χ4v) is 1.57. The van der Waals surface area contributed by atoms with Crippen LogP contribution in [0.5, 0.6) is 0 Å². The molecule has 2 aromatic rings.